The van der Waals surface area contributed by atoms with Crippen LogP contribution in [0.15, 0.2) is 54.7 Å². The first-order valence-corrected chi connectivity index (χ1v) is 13.3. The lowest BCUT2D eigenvalue weighted by molar-refractivity contribution is -0.116. The zero-order valence-electron chi connectivity index (χ0n) is 23.9. The summed E-state index contributed by atoms with van der Waals surface area (Å²) in [7, 11) is 3.23. The highest BCUT2D eigenvalue weighted by molar-refractivity contribution is 5.91. The van der Waals surface area contributed by atoms with E-state index in [2.05, 4.69) is 25.9 Å². The van der Waals surface area contributed by atoms with E-state index in [1.807, 2.05) is 69.3 Å². The van der Waals surface area contributed by atoms with Gasteiger partial charge in [-0.15, -0.1) is 0 Å². The number of nitrogens with zero attached hydrogens (tertiary/aromatic N) is 2. The van der Waals surface area contributed by atoms with E-state index in [0.717, 1.165) is 23.2 Å². The molecule has 0 atom stereocenters. The molecule has 2 amide bonds. The van der Waals surface area contributed by atoms with Gasteiger partial charge in [-0.3, -0.25) is 4.79 Å². The molecule has 0 aliphatic heterocycles. The first-order chi connectivity index (χ1) is 19.2. The highest BCUT2D eigenvalue weighted by atomic mass is 16.6. The maximum atomic E-state index is 12.4. The second-order valence-corrected chi connectivity index (χ2v) is 10.1. The molecule has 3 aromatic rings. The predicted octanol–water partition coefficient (Wildman–Crippen LogP) is 5.45. The molecule has 0 aliphatic rings. The van der Waals surface area contributed by atoms with E-state index in [1.165, 1.54) is 0 Å². The second-order valence-electron chi connectivity index (χ2n) is 10.1. The number of aromatic nitrogens is 2. The average molecular weight is 550 g/mol. The van der Waals surface area contributed by atoms with Crippen molar-refractivity contribution in [3.8, 4) is 22.8 Å². The van der Waals surface area contributed by atoms with Crippen molar-refractivity contribution in [3.05, 3.63) is 60.3 Å². The van der Waals surface area contributed by atoms with Gasteiger partial charge in [0.15, 0.2) is 11.5 Å². The standard InChI is InChI=1S/C30H39N5O5/c1-30(2,3)40-29(37)33-16-7-6-11-27(36)34-23-10-8-9-22(20-23)24-15-18-32-28(35-24)31-17-14-21-12-13-25(38-4)26(19-21)39-5/h8-10,12-13,15,18-20H,6-7,11,14,16-17H2,1-5H3,(H,33,37)(H,34,36)(H,31,32,35). The number of ether oxygens (including phenoxy) is 3. The van der Waals surface area contributed by atoms with Crippen molar-refractivity contribution in [2.24, 2.45) is 0 Å². The van der Waals surface area contributed by atoms with Gasteiger partial charge in [-0.2, -0.15) is 0 Å². The van der Waals surface area contributed by atoms with E-state index in [4.69, 9.17) is 14.2 Å². The van der Waals surface area contributed by atoms with E-state index < -0.39 is 11.7 Å². The Morgan fingerprint density at radius 2 is 1.73 bits per heavy atom. The van der Waals surface area contributed by atoms with Crippen molar-refractivity contribution in [3.63, 3.8) is 0 Å². The van der Waals surface area contributed by atoms with Gasteiger partial charge in [-0.1, -0.05) is 18.2 Å². The van der Waals surface area contributed by atoms with Gasteiger partial charge in [0.25, 0.3) is 0 Å². The number of amides is 2. The molecule has 1 aromatic heterocycles. The molecule has 40 heavy (non-hydrogen) atoms. The van der Waals surface area contributed by atoms with Crippen molar-refractivity contribution in [1.29, 1.82) is 0 Å². The summed E-state index contributed by atoms with van der Waals surface area (Å²) < 4.78 is 15.9. The van der Waals surface area contributed by atoms with Crippen LogP contribution in [-0.4, -0.2) is 54.9 Å². The molecule has 2 aromatic carbocycles. The maximum Gasteiger partial charge on any atom is 0.407 e. The number of hydrogen-bond donors (Lipinski definition) is 3. The van der Waals surface area contributed by atoms with Crippen molar-refractivity contribution in [1.82, 2.24) is 15.3 Å². The van der Waals surface area contributed by atoms with Crippen LogP contribution in [0, 0.1) is 0 Å². The van der Waals surface area contributed by atoms with Gasteiger partial charge in [-0.05, 0) is 75.9 Å². The second kappa shape index (κ2) is 14.7. The minimum absolute atomic E-state index is 0.0883. The Morgan fingerprint density at radius 1 is 0.925 bits per heavy atom. The first-order valence-electron chi connectivity index (χ1n) is 13.3. The number of alkyl carbamates (subject to hydrolysis) is 1. The minimum atomic E-state index is -0.532. The first kappa shape index (κ1) is 30.2. The molecule has 1 heterocycles. The summed E-state index contributed by atoms with van der Waals surface area (Å²) in [6.45, 7) is 6.54. The number of carbonyl (C=O) groups is 2. The summed E-state index contributed by atoms with van der Waals surface area (Å²) in [5, 5.41) is 8.91. The van der Waals surface area contributed by atoms with Crippen molar-refractivity contribution >= 4 is 23.6 Å². The van der Waals surface area contributed by atoms with Gasteiger partial charge in [0.05, 0.1) is 19.9 Å². The fourth-order valence-electron chi connectivity index (χ4n) is 3.85. The highest BCUT2D eigenvalue weighted by Crippen LogP contribution is 2.28. The van der Waals surface area contributed by atoms with Gasteiger partial charge < -0.3 is 30.2 Å². The van der Waals surface area contributed by atoms with Gasteiger partial charge in [0.1, 0.15) is 5.60 Å². The summed E-state index contributed by atoms with van der Waals surface area (Å²) in [5.41, 5.74) is 2.87. The monoisotopic (exact) mass is 549 g/mol. The lowest BCUT2D eigenvalue weighted by Gasteiger charge is -2.19. The fourth-order valence-corrected chi connectivity index (χ4v) is 3.85. The number of anilines is 2. The van der Waals surface area contributed by atoms with Gasteiger partial charge in [0.2, 0.25) is 11.9 Å². The Hall–Kier alpha value is -4.34. The third-order valence-corrected chi connectivity index (χ3v) is 5.74. The van der Waals surface area contributed by atoms with Crippen LogP contribution in [0.1, 0.15) is 45.6 Å². The SMILES string of the molecule is COc1ccc(CCNc2nccc(-c3cccc(NC(=O)CCCCNC(=O)OC(C)(C)C)c3)n2)cc1OC. The van der Waals surface area contributed by atoms with Crippen molar-refractivity contribution < 1.29 is 23.8 Å². The van der Waals surface area contributed by atoms with E-state index in [9.17, 15) is 9.59 Å². The van der Waals surface area contributed by atoms with Gasteiger partial charge in [-0.25, -0.2) is 14.8 Å². The lowest BCUT2D eigenvalue weighted by atomic mass is 10.1. The number of unbranched alkanes of at least 4 members (excludes halogenated alkanes) is 1. The van der Waals surface area contributed by atoms with E-state index in [1.54, 1.807) is 20.4 Å². The van der Waals surface area contributed by atoms with Crippen LogP contribution in [0.25, 0.3) is 11.3 Å². The Kier molecular flexibility index (Phi) is 11.1. The molecule has 0 fully saturated rings. The summed E-state index contributed by atoms with van der Waals surface area (Å²) in [6.07, 6.45) is 3.68. The van der Waals surface area contributed by atoms with E-state index in [0.29, 0.717) is 55.5 Å². The molecule has 214 valence electrons. The van der Waals surface area contributed by atoms with Gasteiger partial charge >= 0.3 is 6.09 Å². The summed E-state index contributed by atoms with van der Waals surface area (Å²) in [6, 6.07) is 15.2. The third-order valence-electron chi connectivity index (χ3n) is 5.74. The molecular formula is C30H39N5O5. The zero-order chi connectivity index (χ0) is 29.0. The fraction of sp³-hybridized carbons (Fsp3) is 0.400. The molecule has 3 N–H and O–H groups in total. The summed E-state index contributed by atoms with van der Waals surface area (Å²) in [5.74, 6) is 1.82. The molecule has 10 heteroatoms. The maximum absolute atomic E-state index is 12.4. The van der Waals surface area contributed by atoms with Crippen LogP contribution in [0.3, 0.4) is 0 Å². The van der Waals surface area contributed by atoms with Crippen molar-refractivity contribution in [2.45, 2.75) is 52.1 Å². The van der Waals surface area contributed by atoms with Gasteiger partial charge in [0, 0.05) is 37.0 Å². The third kappa shape index (κ3) is 10.1. The molecule has 0 bridgehead atoms. The largest absolute Gasteiger partial charge is 0.493 e. The molecule has 3 rings (SSSR count). The molecule has 0 spiro atoms. The number of hydrogen-bond acceptors (Lipinski definition) is 8. The van der Waals surface area contributed by atoms with E-state index in [-0.39, 0.29) is 5.91 Å². The average Bonchev–Trinajstić information content (AvgIpc) is 2.92. The van der Waals surface area contributed by atoms with Crippen molar-refractivity contribution in [2.75, 3.05) is 37.9 Å². The number of methoxy groups -OCH3 is 2. The Balaban J connectivity index is 1.47. The molecule has 10 nitrogen and oxygen atoms in total. The van der Waals surface area contributed by atoms with E-state index >= 15 is 0 Å². The molecular weight excluding hydrogens is 510 g/mol. The molecule has 0 radical (unpaired) electrons. The van der Waals surface area contributed by atoms with Crippen LogP contribution in [0.4, 0.5) is 16.4 Å². The van der Waals surface area contributed by atoms with Crippen LogP contribution in [0.2, 0.25) is 0 Å². The molecule has 0 saturated carbocycles. The normalized spacial score (nSPS) is 10.9. The molecule has 0 unspecified atom stereocenters. The Labute approximate surface area is 235 Å². The predicted molar refractivity (Wildman–Crippen MR) is 156 cm³/mol. The molecule has 0 saturated heterocycles. The van der Waals surface area contributed by atoms with Crippen LogP contribution >= 0.6 is 0 Å². The summed E-state index contributed by atoms with van der Waals surface area (Å²) >= 11 is 0. The van der Waals surface area contributed by atoms with Crippen LogP contribution < -0.4 is 25.4 Å². The lowest BCUT2D eigenvalue weighted by Crippen LogP contribution is -2.33. The Bertz CT molecular complexity index is 1280. The highest BCUT2D eigenvalue weighted by Gasteiger charge is 2.15. The zero-order valence-corrected chi connectivity index (χ0v) is 23.9. The van der Waals surface area contributed by atoms with Crippen LogP contribution in [0.5, 0.6) is 11.5 Å². The quantitative estimate of drug-likeness (QED) is 0.241. The van der Waals surface area contributed by atoms with Crippen LogP contribution in [-0.2, 0) is 16.0 Å². The smallest absolute Gasteiger partial charge is 0.407 e. The number of rotatable bonds is 13. The number of benzene rings is 2. The number of nitrogens with one attached hydrogen (secondary N) is 3. The summed E-state index contributed by atoms with van der Waals surface area (Å²) in [4.78, 5) is 33.1. The minimum Gasteiger partial charge on any atom is -0.493 e. The molecule has 0 aliphatic carbocycles. The topological polar surface area (TPSA) is 124 Å². The number of carbonyl (C=O) groups excluding carboxylic acids is 2. The Morgan fingerprint density at radius 3 is 2.48 bits per heavy atom.